The molecule has 0 amide bonds. The van der Waals surface area contributed by atoms with E-state index in [1.165, 1.54) is 6.08 Å². The van der Waals surface area contributed by atoms with Crippen LogP contribution in [-0.2, 0) is 9.53 Å². The molecule has 60 valence electrons. The van der Waals surface area contributed by atoms with Crippen molar-refractivity contribution in [3.63, 3.8) is 0 Å². The number of rotatable bonds is 0. The molecule has 3 heteroatoms. The summed E-state index contributed by atoms with van der Waals surface area (Å²) in [5.41, 5.74) is -0.853. The Kier molecular flexibility index (Phi) is 1.37. The number of aliphatic hydroxyl groups is 1. The lowest BCUT2D eigenvalue weighted by Crippen LogP contribution is -2.40. The number of ether oxygens (including phenoxy) is 1. The number of hydrogen-bond donors (Lipinski definition) is 1. The van der Waals surface area contributed by atoms with Crippen LogP contribution in [0, 0.1) is 0 Å². The molecule has 0 unspecified atom stereocenters. The summed E-state index contributed by atoms with van der Waals surface area (Å²) < 4.78 is 5.21. The summed E-state index contributed by atoms with van der Waals surface area (Å²) in [7, 11) is 0. The van der Waals surface area contributed by atoms with Crippen molar-refractivity contribution in [2.45, 2.75) is 24.5 Å². The first-order valence-corrected chi connectivity index (χ1v) is 3.77. The first-order valence-electron chi connectivity index (χ1n) is 3.77. The highest BCUT2D eigenvalue weighted by molar-refractivity contribution is 5.91. The largest absolute Gasteiger partial charge is 0.383 e. The fourth-order valence-electron chi connectivity index (χ4n) is 1.58. The third-order valence-electron chi connectivity index (χ3n) is 2.32. The van der Waals surface area contributed by atoms with Gasteiger partial charge >= 0.3 is 0 Å². The van der Waals surface area contributed by atoms with Crippen molar-refractivity contribution in [2.24, 2.45) is 0 Å². The molecular formula is C8H10O3. The second-order valence-electron chi connectivity index (χ2n) is 3.10. The molecule has 0 spiro atoms. The maximum atomic E-state index is 10.9. The van der Waals surface area contributed by atoms with Crippen LogP contribution in [0.5, 0.6) is 0 Å². The molecule has 3 nitrogen and oxygen atoms in total. The number of carbonyl (C=O) groups is 1. The highest BCUT2D eigenvalue weighted by atomic mass is 16.5. The van der Waals surface area contributed by atoms with Gasteiger partial charge in [0.25, 0.3) is 0 Å². The van der Waals surface area contributed by atoms with Crippen LogP contribution in [0.2, 0.25) is 0 Å². The molecule has 0 aromatic rings. The minimum absolute atomic E-state index is 0.0431. The van der Waals surface area contributed by atoms with E-state index in [4.69, 9.17) is 4.74 Å². The highest BCUT2D eigenvalue weighted by Crippen LogP contribution is 2.32. The minimum atomic E-state index is -0.853. The lowest BCUT2D eigenvalue weighted by molar-refractivity contribution is -0.120. The zero-order valence-electron chi connectivity index (χ0n) is 6.12. The predicted octanol–water partition coefficient (Wildman–Crippen LogP) is 0.0354. The van der Waals surface area contributed by atoms with Crippen LogP contribution in [0.4, 0.5) is 0 Å². The summed E-state index contributed by atoms with van der Waals surface area (Å²) in [5, 5.41) is 9.76. The molecule has 2 aliphatic rings. The van der Waals surface area contributed by atoms with Gasteiger partial charge in [-0.3, -0.25) is 4.79 Å². The third kappa shape index (κ3) is 1.01. The van der Waals surface area contributed by atoms with Crippen molar-refractivity contribution in [3.8, 4) is 0 Å². The Morgan fingerprint density at radius 1 is 1.73 bits per heavy atom. The van der Waals surface area contributed by atoms with Crippen LogP contribution in [0.3, 0.4) is 0 Å². The van der Waals surface area contributed by atoms with E-state index >= 15 is 0 Å². The van der Waals surface area contributed by atoms with E-state index < -0.39 is 5.60 Å². The maximum Gasteiger partial charge on any atom is 0.158 e. The summed E-state index contributed by atoms with van der Waals surface area (Å²) in [6.45, 7) is 0.554. The maximum absolute atomic E-state index is 10.9. The van der Waals surface area contributed by atoms with Crippen LogP contribution in [-0.4, -0.2) is 29.2 Å². The van der Waals surface area contributed by atoms with Gasteiger partial charge in [0.05, 0.1) is 12.7 Å². The molecule has 1 heterocycles. The van der Waals surface area contributed by atoms with Crippen molar-refractivity contribution >= 4 is 5.78 Å². The first-order chi connectivity index (χ1) is 5.21. The molecule has 2 rings (SSSR count). The second-order valence-corrected chi connectivity index (χ2v) is 3.10. The summed E-state index contributed by atoms with van der Waals surface area (Å²) >= 11 is 0. The van der Waals surface area contributed by atoms with Crippen molar-refractivity contribution in [1.82, 2.24) is 0 Å². The van der Waals surface area contributed by atoms with Gasteiger partial charge in [-0.2, -0.15) is 0 Å². The molecule has 1 aliphatic heterocycles. The molecule has 1 saturated heterocycles. The first kappa shape index (κ1) is 7.00. The molecule has 1 N–H and O–H groups in total. The van der Waals surface area contributed by atoms with E-state index in [1.807, 2.05) is 0 Å². The summed E-state index contributed by atoms with van der Waals surface area (Å²) in [4.78, 5) is 10.9. The smallest absolute Gasteiger partial charge is 0.158 e. The third-order valence-corrected chi connectivity index (χ3v) is 2.32. The average Bonchev–Trinajstić information content (AvgIpc) is 2.31. The lowest BCUT2D eigenvalue weighted by Gasteiger charge is -2.27. The molecule has 0 aromatic heterocycles. The standard InChI is InChI=1S/C8H10O3/c9-6-1-2-8(10)3-4-11-7(8)5-6/h1-2,7,10H,3-5H2/t7-,8+/m1/s1. The normalized spacial score (nSPS) is 42.6. The molecule has 11 heavy (non-hydrogen) atoms. The Morgan fingerprint density at radius 3 is 3.36 bits per heavy atom. The highest BCUT2D eigenvalue weighted by Gasteiger charge is 2.43. The van der Waals surface area contributed by atoms with Gasteiger partial charge in [-0.15, -0.1) is 0 Å². The van der Waals surface area contributed by atoms with E-state index in [0.29, 0.717) is 19.4 Å². The van der Waals surface area contributed by atoms with Gasteiger partial charge in [-0.25, -0.2) is 0 Å². The molecule has 0 radical (unpaired) electrons. The van der Waals surface area contributed by atoms with Crippen molar-refractivity contribution < 1.29 is 14.6 Å². The lowest BCUT2D eigenvalue weighted by atomic mass is 9.87. The minimum Gasteiger partial charge on any atom is -0.383 e. The van der Waals surface area contributed by atoms with Crippen LogP contribution < -0.4 is 0 Å². The summed E-state index contributed by atoms with van der Waals surface area (Å²) in [5.74, 6) is 0.0431. The second kappa shape index (κ2) is 2.16. The molecule has 1 aliphatic carbocycles. The summed E-state index contributed by atoms with van der Waals surface area (Å²) in [6, 6.07) is 0. The van der Waals surface area contributed by atoms with Gasteiger partial charge in [0, 0.05) is 12.8 Å². The Hall–Kier alpha value is -0.670. The van der Waals surface area contributed by atoms with Gasteiger partial charge in [-0.1, -0.05) is 0 Å². The van der Waals surface area contributed by atoms with E-state index in [2.05, 4.69) is 0 Å². The molecule has 1 fully saturated rings. The van der Waals surface area contributed by atoms with E-state index in [-0.39, 0.29) is 11.9 Å². The number of fused-ring (bicyclic) bond motifs is 1. The van der Waals surface area contributed by atoms with E-state index in [9.17, 15) is 9.90 Å². The van der Waals surface area contributed by atoms with Gasteiger partial charge in [0.15, 0.2) is 5.78 Å². The number of allylic oxidation sites excluding steroid dienone is 1. The zero-order valence-corrected chi connectivity index (χ0v) is 6.12. The van der Waals surface area contributed by atoms with Gasteiger partial charge < -0.3 is 9.84 Å². The molecular weight excluding hydrogens is 144 g/mol. The van der Waals surface area contributed by atoms with Crippen molar-refractivity contribution in [1.29, 1.82) is 0 Å². The zero-order chi connectivity index (χ0) is 7.90. The van der Waals surface area contributed by atoms with Crippen molar-refractivity contribution in [3.05, 3.63) is 12.2 Å². The molecule has 0 saturated carbocycles. The van der Waals surface area contributed by atoms with Crippen LogP contribution >= 0.6 is 0 Å². The SMILES string of the molecule is O=C1C=C[C@]2(O)CCO[C@@H]2C1. The predicted molar refractivity (Wildman–Crippen MR) is 38.1 cm³/mol. The van der Waals surface area contributed by atoms with Gasteiger partial charge in [-0.05, 0) is 12.2 Å². The Labute approximate surface area is 64.7 Å². The van der Waals surface area contributed by atoms with Crippen LogP contribution in [0.15, 0.2) is 12.2 Å². The number of carbonyl (C=O) groups excluding carboxylic acids is 1. The van der Waals surface area contributed by atoms with E-state index in [1.54, 1.807) is 6.08 Å². The topological polar surface area (TPSA) is 46.5 Å². The Balaban J connectivity index is 2.28. The average molecular weight is 154 g/mol. The van der Waals surface area contributed by atoms with E-state index in [0.717, 1.165) is 0 Å². The Bertz CT molecular complexity index is 221. The fourth-order valence-corrected chi connectivity index (χ4v) is 1.58. The van der Waals surface area contributed by atoms with Gasteiger partial charge in [0.1, 0.15) is 5.60 Å². The molecule has 2 atom stereocenters. The van der Waals surface area contributed by atoms with Gasteiger partial charge in [0.2, 0.25) is 0 Å². The number of ketones is 1. The number of hydrogen-bond acceptors (Lipinski definition) is 3. The summed E-state index contributed by atoms with van der Waals surface area (Å²) in [6.07, 6.45) is 3.66. The fraction of sp³-hybridized carbons (Fsp3) is 0.625. The molecule has 0 aromatic carbocycles. The quantitative estimate of drug-likeness (QED) is 0.535. The Morgan fingerprint density at radius 2 is 2.55 bits per heavy atom. The van der Waals surface area contributed by atoms with Crippen LogP contribution in [0.1, 0.15) is 12.8 Å². The molecule has 0 bridgehead atoms. The van der Waals surface area contributed by atoms with Crippen LogP contribution in [0.25, 0.3) is 0 Å². The monoisotopic (exact) mass is 154 g/mol. The van der Waals surface area contributed by atoms with Crippen molar-refractivity contribution in [2.75, 3.05) is 6.61 Å².